The van der Waals surface area contributed by atoms with E-state index >= 15 is 0 Å². The van der Waals surface area contributed by atoms with Crippen molar-refractivity contribution in [3.63, 3.8) is 0 Å². The van der Waals surface area contributed by atoms with E-state index in [4.69, 9.17) is 14.0 Å². The summed E-state index contributed by atoms with van der Waals surface area (Å²) in [6, 6.07) is -0.936. The Morgan fingerprint density at radius 2 is 1.15 bits per heavy atom. The predicted octanol–water partition coefficient (Wildman–Crippen LogP) is 7.99. The summed E-state index contributed by atoms with van der Waals surface area (Å²) in [7, 11) is -5.08. The number of nitrogens with one attached hydrogen (secondary N) is 1. The highest BCUT2D eigenvalue weighted by molar-refractivity contribution is 7.80. The van der Waals surface area contributed by atoms with Crippen LogP contribution in [0.25, 0.3) is 0 Å². The van der Waals surface area contributed by atoms with Crippen molar-refractivity contribution in [3.8, 4) is 0 Å². The smallest absolute Gasteiger partial charge is 0.394 e. The Hall–Kier alpha value is -1.16. The molecule has 0 aromatic carbocycles. The van der Waals surface area contributed by atoms with Crippen LogP contribution in [0.2, 0.25) is 0 Å². The molecule has 1 heterocycles. The van der Waals surface area contributed by atoms with E-state index in [1.54, 1.807) is 6.08 Å². The highest BCUT2D eigenvalue weighted by atomic mass is 32.3. The molecule has 0 radical (unpaired) electrons. The van der Waals surface area contributed by atoms with Crippen LogP contribution >= 0.6 is 0 Å². The number of allylic oxidation sites excluding steroid dienone is 1. The SMILES string of the molecule is CCCCCCCCCCCCC/C=C/C(O)C(COC1OC(CO)C(O)C(OS(=O)(=O)O)C1O)NC(=O)CCCCCCCCCCCCCCCCC. The largest absolute Gasteiger partial charge is 0.397 e. The summed E-state index contributed by atoms with van der Waals surface area (Å²) in [6.45, 7) is 3.37. The van der Waals surface area contributed by atoms with Crippen LogP contribution in [-0.2, 0) is 28.9 Å². The highest BCUT2D eigenvalue weighted by Crippen LogP contribution is 2.26. The fourth-order valence-corrected chi connectivity index (χ4v) is 7.61. The molecule has 1 rings (SSSR count). The van der Waals surface area contributed by atoms with Gasteiger partial charge in [-0.3, -0.25) is 9.35 Å². The first-order valence-electron chi connectivity index (χ1n) is 22.1. The van der Waals surface area contributed by atoms with Crippen molar-refractivity contribution >= 4 is 16.3 Å². The van der Waals surface area contributed by atoms with E-state index in [1.807, 2.05) is 6.08 Å². The number of hydrogen-bond donors (Lipinski definition) is 6. The number of unbranched alkanes of at least 4 members (excludes halogenated alkanes) is 25. The molecule has 7 unspecified atom stereocenters. The topological polar surface area (TPSA) is 192 Å². The third-order valence-corrected chi connectivity index (χ3v) is 11.0. The summed E-state index contributed by atoms with van der Waals surface area (Å²) in [6.07, 6.45) is 26.8. The van der Waals surface area contributed by atoms with Crippen molar-refractivity contribution in [3.05, 3.63) is 12.2 Å². The summed E-state index contributed by atoms with van der Waals surface area (Å²) in [5.74, 6) is -0.262. The van der Waals surface area contributed by atoms with Crippen LogP contribution < -0.4 is 5.32 Å². The lowest BCUT2D eigenvalue weighted by Crippen LogP contribution is -2.61. The van der Waals surface area contributed by atoms with Crippen LogP contribution in [0.15, 0.2) is 12.2 Å². The monoisotopic (exact) mass is 808 g/mol. The summed E-state index contributed by atoms with van der Waals surface area (Å²) in [5.41, 5.74) is 0. The average molecular weight is 808 g/mol. The fourth-order valence-electron chi connectivity index (χ4n) is 7.10. The maximum absolute atomic E-state index is 13.0. The minimum atomic E-state index is -5.08. The molecule has 6 N–H and O–H groups in total. The molecule has 1 fully saturated rings. The fraction of sp³-hybridized carbons (Fsp3) is 0.929. The van der Waals surface area contributed by atoms with E-state index in [0.717, 1.165) is 38.5 Å². The Morgan fingerprint density at radius 3 is 1.58 bits per heavy atom. The summed E-state index contributed by atoms with van der Waals surface area (Å²) in [4.78, 5) is 13.0. The van der Waals surface area contributed by atoms with Gasteiger partial charge in [0.05, 0.1) is 25.4 Å². The Labute approximate surface area is 334 Å². The van der Waals surface area contributed by atoms with Crippen molar-refractivity contribution in [1.29, 1.82) is 0 Å². The first kappa shape index (κ1) is 51.9. The van der Waals surface area contributed by atoms with Crippen LogP contribution in [0, 0.1) is 0 Å². The van der Waals surface area contributed by atoms with Gasteiger partial charge in [0.1, 0.15) is 24.4 Å². The molecule has 12 nitrogen and oxygen atoms in total. The molecule has 1 amide bonds. The van der Waals surface area contributed by atoms with Crippen molar-refractivity contribution in [2.45, 2.75) is 236 Å². The first-order valence-corrected chi connectivity index (χ1v) is 23.4. The zero-order valence-electron chi connectivity index (χ0n) is 34.5. The van der Waals surface area contributed by atoms with Crippen LogP contribution in [0.5, 0.6) is 0 Å². The number of carbonyl (C=O) groups is 1. The number of hydrogen-bond acceptors (Lipinski definition) is 10. The Balaban J connectivity index is 2.55. The molecule has 0 spiro atoms. The molecule has 0 aliphatic carbocycles. The van der Waals surface area contributed by atoms with Gasteiger partial charge in [0.15, 0.2) is 6.29 Å². The normalized spacial score (nSPS) is 21.6. The standard InChI is InChI=1S/C42H81NO11S/c1-3-5-7-9-11-13-15-17-18-20-22-24-26-28-30-32-38(46)43-35(36(45)31-29-27-25-23-21-19-16-14-12-10-8-6-4-2)34-52-42-40(48)41(54-55(49,50)51)39(47)37(33-44)53-42/h29,31,35-37,39-42,44-45,47-48H,3-28,30,32-34H2,1-2H3,(H,43,46)(H,49,50,51)/b31-29+. The molecular formula is C42H81NO11S. The summed E-state index contributed by atoms with van der Waals surface area (Å²) >= 11 is 0. The number of amides is 1. The van der Waals surface area contributed by atoms with Gasteiger partial charge < -0.3 is 35.2 Å². The molecule has 1 aliphatic heterocycles. The van der Waals surface area contributed by atoms with Gasteiger partial charge in [-0.15, -0.1) is 0 Å². The van der Waals surface area contributed by atoms with Crippen molar-refractivity contribution in [2.24, 2.45) is 0 Å². The quantitative estimate of drug-likeness (QED) is 0.0203. The molecule has 326 valence electrons. The minimum Gasteiger partial charge on any atom is -0.394 e. The average Bonchev–Trinajstić information content (AvgIpc) is 3.15. The molecule has 0 aromatic rings. The molecule has 1 saturated heterocycles. The van der Waals surface area contributed by atoms with Gasteiger partial charge in [-0.25, -0.2) is 4.18 Å². The highest BCUT2D eigenvalue weighted by Gasteiger charge is 2.48. The lowest BCUT2D eigenvalue weighted by atomic mass is 9.99. The van der Waals surface area contributed by atoms with E-state index < -0.39 is 59.9 Å². The van der Waals surface area contributed by atoms with E-state index in [1.165, 1.54) is 128 Å². The summed E-state index contributed by atoms with van der Waals surface area (Å²) < 4.78 is 47.5. The molecule has 0 saturated carbocycles. The Bertz CT molecular complexity index is 1050. The molecular weight excluding hydrogens is 727 g/mol. The first-order chi connectivity index (χ1) is 26.5. The van der Waals surface area contributed by atoms with Gasteiger partial charge >= 0.3 is 10.4 Å². The lowest BCUT2D eigenvalue weighted by molar-refractivity contribution is -0.298. The second kappa shape index (κ2) is 33.8. The molecule has 0 aromatic heterocycles. The van der Waals surface area contributed by atoms with E-state index in [2.05, 4.69) is 23.3 Å². The third kappa shape index (κ3) is 27.2. The van der Waals surface area contributed by atoms with Crippen LogP contribution in [0.1, 0.15) is 194 Å². The Morgan fingerprint density at radius 1 is 0.709 bits per heavy atom. The molecule has 55 heavy (non-hydrogen) atoms. The van der Waals surface area contributed by atoms with Gasteiger partial charge in [-0.05, 0) is 19.3 Å². The van der Waals surface area contributed by atoms with E-state index in [-0.39, 0.29) is 18.9 Å². The van der Waals surface area contributed by atoms with Crippen molar-refractivity contribution < 1.29 is 51.8 Å². The molecule has 1 aliphatic rings. The number of aliphatic hydroxyl groups excluding tert-OH is 4. The van der Waals surface area contributed by atoms with Crippen LogP contribution in [0.3, 0.4) is 0 Å². The van der Waals surface area contributed by atoms with Gasteiger partial charge in [0.25, 0.3) is 0 Å². The number of ether oxygens (including phenoxy) is 2. The lowest BCUT2D eigenvalue weighted by Gasteiger charge is -2.41. The number of aliphatic hydroxyl groups is 4. The predicted molar refractivity (Wildman–Crippen MR) is 218 cm³/mol. The Kier molecular flexibility index (Phi) is 31.8. The molecule has 0 bridgehead atoms. The van der Waals surface area contributed by atoms with Crippen molar-refractivity contribution in [2.75, 3.05) is 13.2 Å². The van der Waals surface area contributed by atoms with Gasteiger partial charge in [-0.2, -0.15) is 8.42 Å². The van der Waals surface area contributed by atoms with Gasteiger partial charge in [0, 0.05) is 6.42 Å². The number of carbonyl (C=O) groups excluding carboxylic acids is 1. The van der Waals surface area contributed by atoms with Gasteiger partial charge in [-0.1, -0.05) is 180 Å². The number of rotatable bonds is 37. The zero-order valence-corrected chi connectivity index (χ0v) is 35.3. The third-order valence-electron chi connectivity index (χ3n) is 10.6. The maximum atomic E-state index is 13.0. The molecule has 7 atom stereocenters. The van der Waals surface area contributed by atoms with Gasteiger partial charge in [0.2, 0.25) is 5.91 Å². The zero-order chi connectivity index (χ0) is 40.6. The van der Waals surface area contributed by atoms with Crippen LogP contribution in [-0.4, -0.2) is 95.4 Å². The van der Waals surface area contributed by atoms with E-state index in [0.29, 0.717) is 6.42 Å². The van der Waals surface area contributed by atoms with Crippen molar-refractivity contribution in [1.82, 2.24) is 5.32 Å². The maximum Gasteiger partial charge on any atom is 0.397 e. The van der Waals surface area contributed by atoms with E-state index in [9.17, 15) is 33.6 Å². The second-order valence-electron chi connectivity index (χ2n) is 15.6. The van der Waals surface area contributed by atoms with Crippen LogP contribution in [0.4, 0.5) is 0 Å². The molecule has 13 heteroatoms. The second-order valence-corrected chi connectivity index (χ2v) is 16.7. The summed E-state index contributed by atoms with van der Waals surface area (Å²) in [5, 5.41) is 44.6. The minimum absolute atomic E-state index is 0.262.